The number of rotatable bonds is 4. The lowest BCUT2D eigenvalue weighted by atomic mass is 10.1. The van der Waals surface area contributed by atoms with E-state index in [0.29, 0.717) is 17.5 Å². The minimum absolute atomic E-state index is 0.403. The van der Waals surface area contributed by atoms with Gasteiger partial charge in [0.2, 0.25) is 0 Å². The van der Waals surface area contributed by atoms with Crippen LogP contribution in [0.1, 0.15) is 30.0 Å². The molecule has 116 valence electrons. The van der Waals surface area contributed by atoms with Crippen LogP contribution in [0.3, 0.4) is 0 Å². The molecule has 1 saturated heterocycles. The molecule has 2 aromatic heterocycles. The van der Waals surface area contributed by atoms with E-state index in [4.69, 9.17) is 5.26 Å². The van der Waals surface area contributed by atoms with Crippen LogP contribution in [0, 0.1) is 11.3 Å². The molecule has 2 aromatic rings. The van der Waals surface area contributed by atoms with Crippen molar-refractivity contribution in [3.8, 4) is 6.07 Å². The lowest BCUT2D eigenvalue weighted by Gasteiger charge is -2.44. The smallest absolute Gasteiger partial charge is 0.151 e. The zero-order valence-electron chi connectivity index (χ0n) is 13.1. The molecule has 0 unspecified atom stereocenters. The Morgan fingerprint density at radius 1 is 1.17 bits per heavy atom. The molecule has 3 heterocycles. The number of hydrogen-bond acceptors (Lipinski definition) is 6. The SMILES string of the molecule is CN(c1ccc(C#N)cn1)C1CN(c2ccc(C3CC3)nn2)C1. The van der Waals surface area contributed by atoms with Gasteiger partial charge in [-0.3, -0.25) is 0 Å². The highest BCUT2D eigenvalue weighted by Gasteiger charge is 2.32. The summed E-state index contributed by atoms with van der Waals surface area (Å²) in [7, 11) is 2.04. The van der Waals surface area contributed by atoms with Gasteiger partial charge in [-0.05, 0) is 37.1 Å². The Balaban J connectivity index is 1.37. The van der Waals surface area contributed by atoms with Crippen LogP contribution < -0.4 is 9.80 Å². The molecule has 2 fully saturated rings. The van der Waals surface area contributed by atoms with E-state index in [2.05, 4.69) is 43.2 Å². The molecule has 0 atom stereocenters. The van der Waals surface area contributed by atoms with Gasteiger partial charge >= 0.3 is 0 Å². The Bertz CT molecular complexity index is 723. The van der Waals surface area contributed by atoms with Gasteiger partial charge < -0.3 is 9.80 Å². The number of aromatic nitrogens is 3. The Morgan fingerprint density at radius 3 is 2.57 bits per heavy atom. The number of likely N-dealkylation sites (N-methyl/N-ethyl adjacent to an activating group) is 1. The van der Waals surface area contributed by atoms with Crippen LogP contribution in [0.5, 0.6) is 0 Å². The van der Waals surface area contributed by atoms with Crippen LogP contribution in [0.15, 0.2) is 30.5 Å². The molecule has 0 amide bonds. The molecule has 23 heavy (non-hydrogen) atoms. The van der Waals surface area contributed by atoms with Gasteiger partial charge in [-0.25, -0.2) is 4.98 Å². The molecule has 2 aliphatic rings. The summed E-state index contributed by atoms with van der Waals surface area (Å²) in [6.45, 7) is 1.82. The first-order chi connectivity index (χ1) is 11.2. The largest absolute Gasteiger partial charge is 0.353 e. The third-order valence-corrected chi connectivity index (χ3v) is 4.64. The highest BCUT2D eigenvalue weighted by molar-refractivity contribution is 5.48. The maximum absolute atomic E-state index is 8.83. The van der Waals surface area contributed by atoms with Crippen molar-refractivity contribution in [1.82, 2.24) is 15.2 Å². The first-order valence-electron chi connectivity index (χ1n) is 7.92. The summed E-state index contributed by atoms with van der Waals surface area (Å²) in [5.74, 6) is 2.49. The van der Waals surface area contributed by atoms with Crippen molar-refractivity contribution in [2.45, 2.75) is 24.8 Å². The van der Waals surface area contributed by atoms with Crippen LogP contribution in [0.25, 0.3) is 0 Å². The minimum atomic E-state index is 0.403. The van der Waals surface area contributed by atoms with Crippen molar-refractivity contribution >= 4 is 11.6 Å². The highest BCUT2D eigenvalue weighted by atomic mass is 15.4. The van der Waals surface area contributed by atoms with Gasteiger partial charge in [0.05, 0.1) is 17.3 Å². The van der Waals surface area contributed by atoms with E-state index in [-0.39, 0.29) is 0 Å². The van der Waals surface area contributed by atoms with E-state index >= 15 is 0 Å². The second kappa shape index (κ2) is 5.51. The summed E-state index contributed by atoms with van der Waals surface area (Å²) in [5, 5.41) is 17.5. The molecule has 0 bridgehead atoms. The summed E-state index contributed by atoms with van der Waals surface area (Å²) >= 11 is 0. The summed E-state index contributed by atoms with van der Waals surface area (Å²) < 4.78 is 0. The van der Waals surface area contributed by atoms with E-state index < -0.39 is 0 Å². The fourth-order valence-corrected chi connectivity index (χ4v) is 2.84. The normalized spacial score (nSPS) is 17.5. The Morgan fingerprint density at radius 2 is 2.00 bits per heavy atom. The molecule has 1 saturated carbocycles. The molecule has 0 spiro atoms. The number of nitriles is 1. The summed E-state index contributed by atoms with van der Waals surface area (Å²) in [5.41, 5.74) is 1.72. The molecule has 6 nitrogen and oxygen atoms in total. The lowest BCUT2D eigenvalue weighted by Crippen LogP contribution is -2.59. The molecule has 0 aromatic carbocycles. The molecule has 0 radical (unpaired) electrons. The standard InChI is InChI=1S/C17H18N6/c1-22(16-6-2-12(8-18)9-19-16)14-10-23(11-14)17-7-5-15(20-21-17)13-3-4-13/h2,5-7,9,13-14H,3-4,10-11H2,1H3. The van der Waals surface area contributed by atoms with Crippen LogP contribution in [-0.2, 0) is 0 Å². The number of nitrogens with zero attached hydrogens (tertiary/aromatic N) is 6. The van der Waals surface area contributed by atoms with Gasteiger partial charge in [-0.1, -0.05) is 0 Å². The van der Waals surface area contributed by atoms with Gasteiger partial charge in [0.1, 0.15) is 11.9 Å². The Labute approximate surface area is 135 Å². The van der Waals surface area contributed by atoms with Crippen LogP contribution >= 0.6 is 0 Å². The third-order valence-electron chi connectivity index (χ3n) is 4.64. The maximum Gasteiger partial charge on any atom is 0.151 e. The second-order valence-corrected chi connectivity index (χ2v) is 6.28. The predicted molar refractivity (Wildman–Crippen MR) is 87.4 cm³/mol. The molecule has 0 N–H and O–H groups in total. The van der Waals surface area contributed by atoms with E-state index in [1.54, 1.807) is 12.3 Å². The van der Waals surface area contributed by atoms with Gasteiger partial charge in [0.15, 0.2) is 5.82 Å². The van der Waals surface area contributed by atoms with Gasteiger partial charge in [-0.2, -0.15) is 10.4 Å². The zero-order chi connectivity index (χ0) is 15.8. The van der Waals surface area contributed by atoms with E-state index in [1.807, 2.05) is 13.1 Å². The van der Waals surface area contributed by atoms with Crippen molar-refractivity contribution in [3.63, 3.8) is 0 Å². The van der Waals surface area contributed by atoms with Gasteiger partial charge in [-0.15, -0.1) is 5.10 Å². The quantitative estimate of drug-likeness (QED) is 0.860. The van der Waals surface area contributed by atoms with Crippen molar-refractivity contribution in [2.24, 2.45) is 0 Å². The number of anilines is 2. The van der Waals surface area contributed by atoms with Crippen LogP contribution in [-0.4, -0.2) is 41.4 Å². The molecule has 6 heteroatoms. The van der Waals surface area contributed by atoms with E-state index in [9.17, 15) is 0 Å². The predicted octanol–water partition coefficient (Wildman–Crippen LogP) is 1.95. The molecular formula is C17H18N6. The molecule has 4 rings (SSSR count). The van der Waals surface area contributed by atoms with Gasteiger partial charge in [0.25, 0.3) is 0 Å². The average molecular weight is 306 g/mol. The van der Waals surface area contributed by atoms with Crippen LogP contribution in [0.2, 0.25) is 0 Å². The average Bonchev–Trinajstić information content (AvgIpc) is 3.39. The zero-order valence-corrected chi connectivity index (χ0v) is 13.1. The van der Waals surface area contributed by atoms with Gasteiger partial charge in [0, 0.05) is 32.3 Å². The Hall–Kier alpha value is -2.68. The summed E-state index contributed by atoms with van der Waals surface area (Å²) in [4.78, 5) is 8.73. The third kappa shape index (κ3) is 2.70. The first kappa shape index (κ1) is 13.9. The van der Waals surface area contributed by atoms with Crippen molar-refractivity contribution < 1.29 is 0 Å². The van der Waals surface area contributed by atoms with Crippen LogP contribution in [0.4, 0.5) is 11.6 Å². The fraction of sp³-hybridized carbons (Fsp3) is 0.412. The first-order valence-corrected chi connectivity index (χ1v) is 7.92. The summed E-state index contributed by atoms with van der Waals surface area (Å²) in [6, 6.07) is 10.4. The lowest BCUT2D eigenvalue weighted by molar-refractivity contribution is 0.487. The van der Waals surface area contributed by atoms with E-state index in [0.717, 1.165) is 30.4 Å². The number of pyridine rings is 1. The topological polar surface area (TPSA) is 68.9 Å². The number of hydrogen-bond donors (Lipinski definition) is 0. The van der Waals surface area contributed by atoms with E-state index in [1.165, 1.54) is 12.8 Å². The molecule has 1 aliphatic heterocycles. The fourth-order valence-electron chi connectivity index (χ4n) is 2.84. The molecule has 1 aliphatic carbocycles. The summed E-state index contributed by atoms with van der Waals surface area (Å²) in [6.07, 6.45) is 4.12. The van der Waals surface area contributed by atoms with Crippen molar-refractivity contribution in [1.29, 1.82) is 5.26 Å². The maximum atomic E-state index is 8.83. The van der Waals surface area contributed by atoms with Crippen molar-refractivity contribution in [2.75, 3.05) is 29.9 Å². The second-order valence-electron chi connectivity index (χ2n) is 6.28. The highest BCUT2D eigenvalue weighted by Crippen LogP contribution is 2.38. The Kier molecular flexibility index (Phi) is 3.34. The minimum Gasteiger partial charge on any atom is -0.353 e. The van der Waals surface area contributed by atoms with Crippen molar-refractivity contribution in [3.05, 3.63) is 41.7 Å². The molecular weight excluding hydrogens is 288 g/mol. The monoisotopic (exact) mass is 306 g/mol.